The lowest BCUT2D eigenvalue weighted by atomic mass is 9.68. The smallest absolute Gasteiger partial charge is 0.151 e. The van der Waals surface area contributed by atoms with Crippen LogP contribution in [0.1, 0.15) is 52.9 Å². The Morgan fingerprint density at radius 3 is 2.70 bits per heavy atom. The van der Waals surface area contributed by atoms with E-state index in [9.17, 15) is 0 Å². The maximum Gasteiger partial charge on any atom is 0.151 e. The number of para-hydroxylation sites is 1. The molecular weight excluding hydrogens is 334 g/mol. The Hall–Kier alpha value is -1.77. The molecule has 0 radical (unpaired) electrons. The lowest BCUT2D eigenvalue weighted by Crippen LogP contribution is -2.28. The average molecular weight is 368 g/mol. The van der Waals surface area contributed by atoms with E-state index in [0.29, 0.717) is 24.0 Å². The normalized spacial score (nSPS) is 35.5. The summed E-state index contributed by atoms with van der Waals surface area (Å²) in [5.41, 5.74) is 2.50. The third kappa shape index (κ3) is 3.41. The van der Waals surface area contributed by atoms with Crippen molar-refractivity contribution in [1.29, 1.82) is 0 Å². The largest absolute Gasteiger partial charge is 0.490 e. The molecule has 1 aromatic rings. The molecule has 0 heterocycles. The second-order valence-corrected chi connectivity index (χ2v) is 9.45. The van der Waals surface area contributed by atoms with Crippen LogP contribution < -0.4 is 4.74 Å². The van der Waals surface area contributed by atoms with Crippen molar-refractivity contribution in [3.05, 3.63) is 42.0 Å². The van der Waals surface area contributed by atoms with Crippen LogP contribution in [0.4, 0.5) is 0 Å². The van der Waals surface area contributed by atoms with Crippen molar-refractivity contribution in [2.45, 2.75) is 52.9 Å². The number of hydrogen-bond acceptors (Lipinski definition) is 3. The summed E-state index contributed by atoms with van der Waals surface area (Å²) in [7, 11) is 0. The van der Waals surface area contributed by atoms with Gasteiger partial charge in [0.2, 0.25) is 0 Å². The van der Waals surface area contributed by atoms with Crippen LogP contribution in [-0.2, 0) is 4.84 Å². The standard InChI is InChI=1S/C24H33NO2/c1-23(2)13-7-14-24(3)20(19-10-11-21(24)22(19)23)12-15-25-27-17-16-26-18-8-5-4-6-9-18/h4-6,8-9,12,15,19,21-22H,7,10-11,13-14,16-17H2,1-3H3/b20-12?,25-15+/t19-,21-,22+,24-/m1/s1. The van der Waals surface area contributed by atoms with Gasteiger partial charge in [0.15, 0.2) is 6.61 Å². The Bertz CT molecular complexity index is 708. The van der Waals surface area contributed by atoms with Gasteiger partial charge in [0.05, 0.1) is 6.21 Å². The maximum absolute atomic E-state index is 5.62. The molecule has 0 aromatic heterocycles. The van der Waals surface area contributed by atoms with E-state index >= 15 is 0 Å². The van der Waals surface area contributed by atoms with Gasteiger partial charge in [-0.3, -0.25) is 0 Å². The summed E-state index contributed by atoms with van der Waals surface area (Å²) in [6.07, 6.45) is 11.0. The van der Waals surface area contributed by atoms with Crippen LogP contribution in [0.5, 0.6) is 5.75 Å². The van der Waals surface area contributed by atoms with Crippen LogP contribution in [0, 0.1) is 28.6 Å². The molecule has 0 spiro atoms. The van der Waals surface area contributed by atoms with Gasteiger partial charge in [0, 0.05) is 0 Å². The number of rotatable bonds is 6. The van der Waals surface area contributed by atoms with Crippen molar-refractivity contribution < 1.29 is 9.57 Å². The van der Waals surface area contributed by atoms with Gasteiger partial charge in [0.1, 0.15) is 12.4 Å². The summed E-state index contributed by atoms with van der Waals surface area (Å²) in [6.45, 7) is 8.49. The monoisotopic (exact) mass is 367 g/mol. The molecule has 4 rings (SSSR count). The Kier molecular flexibility index (Phi) is 5.05. The van der Waals surface area contributed by atoms with Gasteiger partial charge in [0.25, 0.3) is 0 Å². The van der Waals surface area contributed by atoms with E-state index in [4.69, 9.17) is 9.57 Å². The van der Waals surface area contributed by atoms with Gasteiger partial charge >= 0.3 is 0 Å². The minimum absolute atomic E-state index is 0.379. The highest BCUT2D eigenvalue weighted by Crippen LogP contribution is 2.70. The van der Waals surface area contributed by atoms with Crippen molar-refractivity contribution in [1.82, 2.24) is 0 Å². The molecule has 3 heteroatoms. The number of hydrogen-bond donors (Lipinski definition) is 0. The van der Waals surface area contributed by atoms with Gasteiger partial charge in [-0.15, -0.1) is 0 Å². The molecule has 4 atom stereocenters. The van der Waals surface area contributed by atoms with Crippen LogP contribution in [0.15, 0.2) is 47.1 Å². The first-order valence-electron chi connectivity index (χ1n) is 10.6. The number of allylic oxidation sites excluding steroid dienone is 2. The van der Waals surface area contributed by atoms with Crippen molar-refractivity contribution in [2.75, 3.05) is 13.2 Å². The molecule has 0 aliphatic heterocycles. The molecule has 3 aliphatic carbocycles. The first-order chi connectivity index (χ1) is 13.0. The van der Waals surface area contributed by atoms with Crippen molar-refractivity contribution in [2.24, 2.45) is 33.7 Å². The summed E-state index contributed by atoms with van der Waals surface area (Å²) in [5, 5.41) is 4.17. The van der Waals surface area contributed by atoms with Gasteiger partial charge in [-0.2, -0.15) is 0 Å². The average Bonchev–Trinajstić information content (AvgIpc) is 3.15. The van der Waals surface area contributed by atoms with E-state index < -0.39 is 0 Å². The van der Waals surface area contributed by atoms with Crippen LogP contribution in [0.25, 0.3) is 0 Å². The SMILES string of the molecule is CC1(C)CCC[C@]2(C)C(=C/C=N/OCCOc3ccccc3)[C@H]3CC[C@@H]2[C@H]31. The first kappa shape index (κ1) is 18.6. The molecule has 1 aromatic carbocycles. The van der Waals surface area contributed by atoms with Crippen LogP contribution in [0.2, 0.25) is 0 Å². The van der Waals surface area contributed by atoms with E-state index in [0.717, 1.165) is 23.5 Å². The highest BCUT2D eigenvalue weighted by atomic mass is 16.6. The lowest BCUT2D eigenvalue weighted by molar-refractivity contribution is 0.108. The molecule has 146 valence electrons. The fraction of sp³-hybridized carbons (Fsp3) is 0.625. The summed E-state index contributed by atoms with van der Waals surface area (Å²) in [4.78, 5) is 5.41. The number of benzene rings is 1. The molecule has 3 fully saturated rings. The van der Waals surface area contributed by atoms with Gasteiger partial charge in [-0.05, 0) is 72.5 Å². The molecule has 0 N–H and O–H groups in total. The quantitative estimate of drug-likeness (QED) is 0.358. The van der Waals surface area contributed by atoms with E-state index in [-0.39, 0.29) is 0 Å². The molecule has 0 saturated heterocycles. The molecule has 3 nitrogen and oxygen atoms in total. The lowest BCUT2D eigenvalue weighted by Gasteiger charge is -2.36. The Morgan fingerprint density at radius 2 is 1.89 bits per heavy atom. The second kappa shape index (κ2) is 7.33. The molecule has 0 unspecified atom stereocenters. The maximum atomic E-state index is 5.62. The number of oxime groups is 1. The fourth-order valence-electron chi connectivity index (χ4n) is 6.43. The molecule has 3 saturated carbocycles. The highest BCUT2D eigenvalue weighted by molar-refractivity contribution is 5.72. The van der Waals surface area contributed by atoms with E-state index in [2.05, 4.69) is 32.0 Å². The second-order valence-electron chi connectivity index (χ2n) is 9.45. The zero-order chi connectivity index (χ0) is 18.9. The molecule has 4 bridgehead atoms. The van der Waals surface area contributed by atoms with E-state index in [1.54, 1.807) is 5.57 Å². The Balaban J connectivity index is 1.34. The Morgan fingerprint density at radius 1 is 1.07 bits per heavy atom. The van der Waals surface area contributed by atoms with Crippen LogP contribution in [0.3, 0.4) is 0 Å². The minimum atomic E-state index is 0.379. The predicted octanol–water partition coefficient (Wildman–Crippen LogP) is 5.87. The van der Waals surface area contributed by atoms with E-state index in [1.165, 1.54) is 32.1 Å². The molecule has 27 heavy (non-hydrogen) atoms. The van der Waals surface area contributed by atoms with Crippen molar-refractivity contribution in [3.63, 3.8) is 0 Å². The Labute approximate surface area is 163 Å². The molecule has 0 amide bonds. The van der Waals surface area contributed by atoms with E-state index in [1.807, 2.05) is 36.5 Å². The number of ether oxygens (including phenoxy) is 1. The zero-order valence-electron chi connectivity index (χ0n) is 17.0. The fourth-order valence-corrected chi connectivity index (χ4v) is 6.43. The van der Waals surface area contributed by atoms with Gasteiger partial charge < -0.3 is 9.57 Å². The van der Waals surface area contributed by atoms with Crippen LogP contribution in [-0.4, -0.2) is 19.4 Å². The summed E-state index contributed by atoms with van der Waals surface area (Å²) < 4.78 is 5.62. The summed E-state index contributed by atoms with van der Waals surface area (Å²) >= 11 is 0. The van der Waals surface area contributed by atoms with Crippen molar-refractivity contribution in [3.8, 4) is 5.75 Å². The zero-order valence-corrected chi connectivity index (χ0v) is 17.0. The predicted molar refractivity (Wildman–Crippen MR) is 110 cm³/mol. The highest BCUT2D eigenvalue weighted by Gasteiger charge is 2.62. The van der Waals surface area contributed by atoms with Gasteiger partial charge in [-0.25, -0.2) is 0 Å². The molecular formula is C24H33NO2. The van der Waals surface area contributed by atoms with Crippen molar-refractivity contribution >= 4 is 6.21 Å². The molecule has 3 aliphatic rings. The summed E-state index contributed by atoms with van der Waals surface area (Å²) in [5.74, 6) is 3.33. The third-order valence-electron chi connectivity index (χ3n) is 7.53. The first-order valence-corrected chi connectivity index (χ1v) is 10.6. The number of nitrogens with zero attached hydrogens (tertiary/aromatic N) is 1. The van der Waals surface area contributed by atoms with Gasteiger partial charge in [-0.1, -0.05) is 56.1 Å². The third-order valence-corrected chi connectivity index (χ3v) is 7.53. The van der Waals surface area contributed by atoms with Crippen LogP contribution >= 0.6 is 0 Å². The summed E-state index contributed by atoms with van der Waals surface area (Å²) in [6, 6.07) is 9.82. The topological polar surface area (TPSA) is 30.8 Å². The minimum Gasteiger partial charge on any atom is -0.490 e.